The molecule has 2 heterocycles. The summed E-state index contributed by atoms with van der Waals surface area (Å²) in [6.45, 7) is 5.98. The number of hydrogen-bond donors (Lipinski definition) is 0. The summed E-state index contributed by atoms with van der Waals surface area (Å²) in [5.41, 5.74) is 4.41. The van der Waals surface area contributed by atoms with Crippen molar-refractivity contribution in [2.45, 2.75) is 13.8 Å². The van der Waals surface area contributed by atoms with Crippen molar-refractivity contribution in [3.8, 4) is 22.7 Å². The van der Waals surface area contributed by atoms with Gasteiger partial charge in [-0.25, -0.2) is 4.79 Å². The Labute approximate surface area is 194 Å². The second-order valence-corrected chi connectivity index (χ2v) is 7.91. The molecule has 0 unspecified atom stereocenters. The molecule has 172 valence electrons. The van der Waals surface area contributed by atoms with Crippen molar-refractivity contribution in [3.63, 3.8) is 0 Å². The zero-order chi connectivity index (χ0) is 23.4. The molecular weight excluding hydrogens is 418 g/mol. The van der Waals surface area contributed by atoms with Crippen molar-refractivity contribution < 1.29 is 19.1 Å². The molecule has 0 aliphatic carbocycles. The maximum absolute atomic E-state index is 13.5. The molecular formula is C26H29N3O4. The number of amides is 2. The average Bonchev–Trinajstić information content (AvgIpc) is 3.21. The lowest BCUT2D eigenvalue weighted by atomic mass is 10.1. The molecule has 1 aromatic heterocycles. The van der Waals surface area contributed by atoms with Gasteiger partial charge in [0.1, 0.15) is 5.75 Å². The first-order valence-corrected chi connectivity index (χ1v) is 11.2. The van der Waals surface area contributed by atoms with E-state index in [2.05, 4.69) is 4.57 Å². The fourth-order valence-electron chi connectivity index (χ4n) is 4.20. The molecule has 0 spiro atoms. The van der Waals surface area contributed by atoms with Gasteiger partial charge in [0.15, 0.2) is 0 Å². The molecule has 3 aromatic rings. The number of nitrogens with zero attached hydrogens (tertiary/aromatic N) is 3. The number of piperazine rings is 1. The van der Waals surface area contributed by atoms with E-state index in [9.17, 15) is 9.59 Å². The van der Waals surface area contributed by atoms with Crippen LogP contribution in [0.25, 0.3) is 16.9 Å². The molecule has 1 aliphatic heterocycles. The number of hydrogen-bond acceptors (Lipinski definition) is 4. The summed E-state index contributed by atoms with van der Waals surface area (Å²) in [6, 6.07) is 19.8. The Morgan fingerprint density at radius 1 is 0.909 bits per heavy atom. The fourth-order valence-corrected chi connectivity index (χ4v) is 4.20. The SMILES string of the molecule is CCOC(=O)N1CCN(C(=O)c2cc(-c3ccccc3)n(-c3cccc(OC)c3)c2C)CC1. The van der Waals surface area contributed by atoms with E-state index in [1.165, 1.54) is 0 Å². The van der Waals surface area contributed by atoms with E-state index < -0.39 is 0 Å². The molecule has 0 bridgehead atoms. The van der Waals surface area contributed by atoms with Crippen LogP contribution in [0, 0.1) is 6.92 Å². The number of rotatable bonds is 5. The van der Waals surface area contributed by atoms with Crippen LogP contribution in [0.4, 0.5) is 4.79 Å². The van der Waals surface area contributed by atoms with Crippen molar-refractivity contribution in [1.82, 2.24) is 14.4 Å². The highest BCUT2D eigenvalue weighted by Crippen LogP contribution is 2.31. The first kappa shape index (κ1) is 22.5. The monoisotopic (exact) mass is 447 g/mol. The number of carbonyl (C=O) groups excluding carboxylic acids is 2. The van der Waals surface area contributed by atoms with Crippen LogP contribution in [0.1, 0.15) is 23.0 Å². The van der Waals surface area contributed by atoms with E-state index in [0.29, 0.717) is 38.3 Å². The van der Waals surface area contributed by atoms with Gasteiger partial charge in [-0.2, -0.15) is 0 Å². The van der Waals surface area contributed by atoms with Crippen molar-refractivity contribution in [2.75, 3.05) is 39.9 Å². The lowest BCUT2D eigenvalue weighted by molar-refractivity contribution is 0.0570. The smallest absolute Gasteiger partial charge is 0.409 e. The van der Waals surface area contributed by atoms with Crippen molar-refractivity contribution in [2.24, 2.45) is 0 Å². The number of ether oxygens (including phenoxy) is 2. The summed E-state index contributed by atoms with van der Waals surface area (Å²) in [5, 5.41) is 0. The Hall–Kier alpha value is -3.74. The van der Waals surface area contributed by atoms with Gasteiger partial charge in [0.05, 0.1) is 25.0 Å². The maximum atomic E-state index is 13.5. The van der Waals surface area contributed by atoms with E-state index in [-0.39, 0.29) is 12.0 Å². The average molecular weight is 448 g/mol. The summed E-state index contributed by atoms with van der Waals surface area (Å²) >= 11 is 0. The molecule has 1 aliphatic rings. The van der Waals surface area contributed by atoms with Crippen LogP contribution in [0.3, 0.4) is 0 Å². The van der Waals surface area contributed by atoms with Crippen molar-refractivity contribution in [3.05, 3.63) is 71.9 Å². The number of carbonyl (C=O) groups is 2. The lowest BCUT2D eigenvalue weighted by Gasteiger charge is -2.34. The lowest BCUT2D eigenvalue weighted by Crippen LogP contribution is -2.50. The third-order valence-electron chi connectivity index (χ3n) is 5.95. The number of aromatic nitrogens is 1. The largest absolute Gasteiger partial charge is 0.497 e. The molecule has 0 N–H and O–H groups in total. The van der Waals surface area contributed by atoms with Gasteiger partial charge in [-0.1, -0.05) is 36.4 Å². The Bertz CT molecular complexity index is 1130. The van der Waals surface area contributed by atoms with Crippen molar-refractivity contribution >= 4 is 12.0 Å². The van der Waals surface area contributed by atoms with Crippen molar-refractivity contribution in [1.29, 1.82) is 0 Å². The van der Waals surface area contributed by atoms with Gasteiger partial charge in [0.2, 0.25) is 0 Å². The number of methoxy groups -OCH3 is 1. The van der Waals surface area contributed by atoms with E-state index in [1.807, 2.05) is 72.5 Å². The molecule has 0 atom stereocenters. The van der Waals surface area contributed by atoms with Crippen LogP contribution in [0.2, 0.25) is 0 Å². The second kappa shape index (κ2) is 9.81. The first-order valence-electron chi connectivity index (χ1n) is 11.2. The predicted octanol–water partition coefficient (Wildman–Crippen LogP) is 4.38. The minimum absolute atomic E-state index is 0.0326. The van der Waals surface area contributed by atoms with Gasteiger partial charge in [-0.15, -0.1) is 0 Å². The molecule has 7 heteroatoms. The van der Waals surface area contributed by atoms with Gasteiger partial charge in [0.25, 0.3) is 5.91 Å². The van der Waals surface area contributed by atoms with Crippen LogP contribution < -0.4 is 4.74 Å². The van der Waals surface area contributed by atoms with E-state index in [1.54, 1.807) is 18.9 Å². The van der Waals surface area contributed by atoms with Gasteiger partial charge in [-0.05, 0) is 37.6 Å². The van der Waals surface area contributed by atoms with E-state index in [0.717, 1.165) is 28.4 Å². The van der Waals surface area contributed by atoms with Gasteiger partial charge < -0.3 is 23.8 Å². The third kappa shape index (κ3) is 4.58. The van der Waals surface area contributed by atoms with Crippen LogP contribution >= 0.6 is 0 Å². The van der Waals surface area contributed by atoms with E-state index >= 15 is 0 Å². The highest BCUT2D eigenvalue weighted by Gasteiger charge is 2.28. The molecule has 0 saturated carbocycles. The predicted molar refractivity (Wildman–Crippen MR) is 127 cm³/mol. The quantitative estimate of drug-likeness (QED) is 0.583. The van der Waals surface area contributed by atoms with Gasteiger partial charge in [0, 0.05) is 43.6 Å². The summed E-state index contributed by atoms with van der Waals surface area (Å²) < 4.78 is 12.6. The molecule has 33 heavy (non-hydrogen) atoms. The molecule has 4 rings (SSSR count). The first-order chi connectivity index (χ1) is 16.0. The summed E-state index contributed by atoms with van der Waals surface area (Å²) in [6.07, 6.45) is -0.323. The standard InChI is InChI=1S/C26H29N3O4/c1-4-33-26(31)28-15-13-27(14-16-28)25(30)23-18-24(20-9-6-5-7-10-20)29(19(23)2)21-11-8-12-22(17-21)32-3/h5-12,17-18H,4,13-16H2,1-3H3. The van der Waals surface area contributed by atoms with Crippen LogP contribution in [-0.4, -0.2) is 66.3 Å². The molecule has 1 fully saturated rings. The highest BCUT2D eigenvalue weighted by molar-refractivity contribution is 5.97. The van der Waals surface area contributed by atoms with Crippen LogP contribution in [0.5, 0.6) is 5.75 Å². The zero-order valence-electron chi connectivity index (χ0n) is 19.3. The molecule has 1 saturated heterocycles. The third-order valence-corrected chi connectivity index (χ3v) is 5.95. The van der Waals surface area contributed by atoms with Crippen LogP contribution in [-0.2, 0) is 4.74 Å². The molecule has 2 aromatic carbocycles. The Morgan fingerprint density at radius 3 is 2.27 bits per heavy atom. The van der Waals surface area contributed by atoms with Crippen LogP contribution in [0.15, 0.2) is 60.7 Å². The number of benzene rings is 2. The second-order valence-electron chi connectivity index (χ2n) is 7.91. The van der Waals surface area contributed by atoms with E-state index in [4.69, 9.17) is 9.47 Å². The fraction of sp³-hybridized carbons (Fsp3) is 0.308. The Kier molecular flexibility index (Phi) is 6.68. The van der Waals surface area contributed by atoms with Gasteiger partial charge in [-0.3, -0.25) is 4.79 Å². The minimum atomic E-state index is -0.323. The molecule has 2 amide bonds. The zero-order valence-corrected chi connectivity index (χ0v) is 19.3. The summed E-state index contributed by atoms with van der Waals surface area (Å²) in [7, 11) is 1.64. The minimum Gasteiger partial charge on any atom is -0.497 e. The highest BCUT2D eigenvalue weighted by atomic mass is 16.6. The molecule has 7 nitrogen and oxygen atoms in total. The Balaban J connectivity index is 1.68. The summed E-state index contributed by atoms with van der Waals surface area (Å²) in [4.78, 5) is 29.0. The summed E-state index contributed by atoms with van der Waals surface area (Å²) in [5.74, 6) is 0.720. The Morgan fingerprint density at radius 2 is 1.61 bits per heavy atom. The molecule has 0 radical (unpaired) electrons. The van der Waals surface area contributed by atoms with Gasteiger partial charge >= 0.3 is 6.09 Å². The maximum Gasteiger partial charge on any atom is 0.409 e. The normalized spacial score (nSPS) is 13.7. The topological polar surface area (TPSA) is 64.0 Å².